The number of hydrogen-bond acceptors (Lipinski definition) is 3. The molecule has 17 heavy (non-hydrogen) atoms. The maximum atomic E-state index is 12.9. The fraction of sp³-hybridized carbons (Fsp3) is 0.538. The Morgan fingerprint density at radius 1 is 1.41 bits per heavy atom. The topological polar surface area (TPSA) is 52.5 Å². The smallest absolute Gasteiger partial charge is 0.123 e. The van der Waals surface area contributed by atoms with Crippen LogP contribution in [0.5, 0.6) is 0 Å². The molecule has 0 saturated heterocycles. The second kappa shape index (κ2) is 7.37. The van der Waals surface area contributed by atoms with E-state index in [0.29, 0.717) is 12.1 Å². The predicted octanol–water partition coefficient (Wildman–Crippen LogP) is 1.61. The van der Waals surface area contributed by atoms with Crippen LogP contribution in [-0.2, 0) is 0 Å². The van der Waals surface area contributed by atoms with Gasteiger partial charge in [0, 0.05) is 19.2 Å². The van der Waals surface area contributed by atoms with E-state index in [1.807, 2.05) is 6.92 Å². The molecular weight excluding hydrogens is 221 g/mol. The van der Waals surface area contributed by atoms with Crippen LogP contribution in [0, 0.1) is 5.82 Å². The first-order valence-corrected chi connectivity index (χ1v) is 5.91. The summed E-state index contributed by atoms with van der Waals surface area (Å²) in [4.78, 5) is 0. The summed E-state index contributed by atoms with van der Waals surface area (Å²) < 4.78 is 12.9. The van der Waals surface area contributed by atoms with Gasteiger partial charge in [-0.1, -0.05) is 12.1 Å². The van der Waals surface area contributed by atoms with Gasteiger partial charge in [-0.05, 0) is 37.5 Å². The van der Waals surface area contributed by atoms with E-state index in [2.05, 4.69) is 5.32 Å². The second-order valence-corrected chi connectivity index (χ2v) is 4.25. The molecule has 3 nitrogen and oxygen atoms in total. The van der Waals surface area contributed by atoms with Crippen molar-refractivity contribution in [2.24, 2.45) is 0 Å². The quantitative estimate of drug-likeness (QED) is 0.680. The number of rotatable bonds is 7. The molecule has 96 valence electrons. The fourth-order valence-electron chi connectivity index (χ4n) is 1.64. The molecule has 1 aromatic rings. The normalized spacial score (nSPS) is 14.6. The molecule has 0 saturated carbocycles. The lowest BCUT2D eigenvalue weighted by molar-refractivity contribution is 0.168. The summed E-state index contributed by atoms with van der Waals surface area (Å²) in [5, 5.41) is 21.7. The van der Waals surface area contributed by atoms with E-state index in [9.17, 15) is 9.50 Å². The van der Waals surface area contributed by atoms with Crippen molar-refractivity contribution in [3.05, 3.63) is 35.6 Å². The first kappa shape index (κ1) is 14.1. The molecule has 0 amide bonds. The Hall–Kier alpha value is -0.970. The molecule has 2 unspecified atom stereocenters. The molecule has 4 heteroatoms. The van der Waals surface area contributed by atoms with Gasteiger partial charge in [0.15, 0.2) is 0 Å². The van der Waals surface area contributed by atoms with Crippen molar-refractivity contribution in [2.75, 3.05) is 13.2 Å². The first-order chi connectivity index (χ1) is 8.13. The molecule has 0 fully saturated rings. The lowest BCUT2D eigenvalue weighted by Crippen LogP contribution is -2.30. The van der Waals surface area contributed by atoms with Crippen LogP contribution in [-0.4, -0.2) is 29.4 Å². The molecule has 0 aliphatic carbocycles. The van der Waals surface area contributed by atoms with Gasteiger partial charge in [0.2, 0.25) is 0 Å². The number of aliphatic hydroxyl groups excluding tert-OH is 2. The Bertz CT molecular complexity index is 333. The summed E-state index contributed by atoms with van der Waals surface area (Å²) in [7, 11) is 0. The molecular formula is C13H20FNO2. The molecule has 1 rings (SSSR count). The van der Waals surface area contributed by atoms with Crippen molar-refractivity contribution in [1.82, 2.24) is 5.32 Å². The molecule has 0 aliphatic heterocycles. The van der Waals surface area contributed by atoms with Gasteiger partial charge in [0.05, 0.1) is 6.10 Å². The summed E-state index contributed by atoms with van der Waals surface area (Å²) in [6, 6.07) is 6.21. The molecule has 2 atom stereocenters. The van der Waals surface area contributed by atoms with Gasteiger partial charge in [-0.2, -0.15) is 0 Å². The fourth-order valence-corrected chi connectivity index (χ4v) is 1.64. The van der Waals surface area contributed by atoms with Crippen LogP contribution in [0.1, 0.15) is 31.4 Å². The number of nitrogens with one attached hydrogen (secondary N) is 1. The summed E-state index contributed by atoms with van der Waals surface area (Å²) in [6.07, 6.45) is 0.888. The lowest BCUT2D eigenvalue weighted by atomic mass is 10.1. The number of hydrogen-bond donors (Lipinski definition) is 3. The average molecular weight is 241 g/mol. The highest BCUT2D eigenvalue weighted by atomic mass is 19.1. The predicted molar refractivity (Wildman–Crippen MR) is 65.1 cm³/mol. The molecule has 0 spiro atoms. The number of aliphatic hydroxyl groups is 2. The van der Waals surface area contributed by atoms with Crippen LogP contribution < -0.4 is 5.32 Å². The highest BCUT2D eigenvalue weighted by Gasteiger charge is 2.09. The highest BCUT2D eigenvalue weighted by molar-refractivity contribution is 5.18. The van der Waals surface area contributed by atoms with Gasteiger partial charge in [-0.15, -0.1) is 0 Å². The van der Waals surface area contributed by atoms with Gasteiger partial charge >= 0.3 is 0 Å². The van der Waals surface area contributed by atoms with Crippen molar-refractivity contribution in [2.45, 2.75) is 31.9 Å². The van der Waals surface area contributed by atoms with Crippen LogP contribution >= 0.6 is 0 Å². The van der Waals surface area contributed by atoms with Gasteiger partial charge < -0.3 is 15.5 Å². The average Bonchev–Trinajstić information content (AvgIpc) is 2.33. The Morgan fingerprint density at radius 3 is 2.82 bits per heavy atom. The van der Waals surface area contributed by atoms with E-state index in [1.54, 1.807) is 12.1 Å². The summed E-state index contributed by atoms with van der Waals surface area (Å²) >= 11 is 0. The zero-order chi connectivity index (χ0) is 12.7. The third-order valence-corrected chi connectivity index (χ3v) is 2.69. The zero-order valence-electron chi connectivity index (χ0n) is 10.1. The highest BCUT2D eigenvalue weighted by Crippen LogP contribution is 2.13. The van der Waals surface area contributed by atoms with Crippen LogP contribution in [0.4, 0.5) is 4.39 Å². The van der Waals surface area contributed by atoms with Crippen molar-refractivity contribution in [3.63, 3.8) is 0 Å². The minimum atomic E-state index is -0.706. The van der Waals surface area contributed by atoms with E-state index in [-0.39, 0.29) is 18.5 Å². The number of halogens is 1. The molecule has 1 aromatic carbocycles. The zero-order valence-corrected chi connectivity index (χ0v) is 10.1. The Balaban J connectivity index is 2.36. The van der Waals surface area contributed by atoms with Gasteiger partial charge in [-0.25, -0.2) is 4.39 Å². The van der Waals surface area contributed by atoms with Crippen molar-refractivity contribution in [3.8, 4) is 0 Å². The van der Waals surface area contributed by atoms with E-state index < -0.39 is 6.10 Å². The van der Waals surface area contributed by atoms with Gasteiger partial charge in [0.25, 0.3) is 0 Å². The number of benzene rings is 1. The Kier molecular flexibility index (Phi) is 6.11. The minimum Gasteiger partial charge on any atom is -0.396 e. The summed E-state index contributed by atoms with van der Waals surface area (Å²) in [6.45, 7) is 2.56. The van der Waals surface area contributed by atoms with Crippen LogP contribution in [0.15, 0.2) is 24.3 Å². The second-order valence-electron chi connectivity index (χ2n) is 4.25. The van der Waals surface area contributed by atoms with Crippen LogP contribution in [0.2, 0.25) is 0 Å². The van der Waals surface area contributed by atoms with E-state index in [4.69, 9.17) is 5.11 Å². The standard InChI is InChI=1S/C13H20FNO2/c1-10(4-3-7-16)15-9-13(17)11-5-2-6-12(14)8-11/h2,5-6,8,10,13,15-17H,3-4,7,9H2,1H3. The summed E-state index contributed by atoms with van der Waals surface area (Å²) in [5.74, 6) is -0.338. The largest absolute Gasteiger partial charge is 0.396 e. The van der Waals surface area contributed by atoms with Crippen molar-refractivity contribution < 1.29 is 14.6 Å². The maximum Gasteiger partial charge on any atom is 0.123 e. The monoisotopic (exact) mass is 241 g/mol. The van der Waals surface area contributed by atoms with E-state index in [0.717, 1.165) is 12.8 Å². The molecule has 0 aliphatic rings. The Morgan fingerprint density at radius 2 is 2.18 bits per heavy atom. The van der Waals surface area contributed by atoms with Crippen molar-refractivity contribution >= 4 is 0 Å². The molecule has 0 heterocycles. The molecule has 3 N–H and O–H groups in total. The maximum absolute atomic E-state index is 12.9. The van der Waals surface area contributed by atoms with Crippen LogP contribution in [0.3, 0.4) is 0 Å². The van der Waals surface area contributed by atoms with E-state index in [1.165, 1.54) is 12.1 Å². The molecule has 0 aromatic heterocycles. The van der Waals surface area contributed by atoms with Gasteiger partial charge in [-0.3, -0.25) is 0 Å². The minimum absolute atomic E-state index is 0.179. The van der Waals surface area contributed by atoms with Crippen LogP contribution in [0.25, 0.3) is 0 Å². The lowest BCUT2D eigenvalue weighted by Gasteiger charge is -2.17. The Labute approximate surface area is 101 Å². The first-order valence-electron chi connectivity index (χ1n) is 5.91. The van der Waals surface area contributed by atoms with Gasteiger partial charge in [0.1, 0.15) is 5.82 Å². The molecule has 0 radical (unpaired) electrons. The summed E-state index contributed by atoms with van der Waals surface area (Å²) in [5.41, 5.74) is 0.576. The van der Waals surface area contributed by atoms with Crippen molar-refractivity contribution in [1.29, 1.82) is 0 Å². The SMILES string of the molecule is CC(CCCO)NCC(O)c1cccc(F)c1. The van der Waals surface area contributed by atoms with E-state index >= 15 is 0 Å². The molecule has 0 bridgehead atoms. The third-order valence-electron chi connectivity index (χ3n) is 2.69. The third kappa shape index (κ3) is 5.26.